The van der Waals surface area contributed by atoms with Crippen molar-refractivity contribution in [3.8, 4) is 22.6 Å². The topological polar surface area (TPSA) is 18.5 Å². The average molecular weight is 274 g/mol. The quantitative estimate of drug-likeness (QED) is 0.793. The molecule has 0 saturated carbocycles. The molecule has 0 aliphatic heterocycles. The fourth-order valence-electron chi connectivity index (χ4n) is 2.08. The van der Waals surface area contributed by atoms with Crippen LogP contribution in [0.3, 0.4) is 0 Å². The fraction of sp³-hybridized carbons (Fsp3) is 0.294. The van der Waals surface area contributed by atoms with Crippen LogP contribution in [0.25, 0.3) is 11.1 Å². The summed E-state index contributed by atoms with van der Waals surface area (Å²) in [5, 5.41) is 0. The summed E-state index contributed by atoms with van der Waals surface area (Å²) in [6.45, 7) is 6.82. The lowest BCUT2D eigenvalue weighted by Crippen LogP contribution is -1.96. The number of hydrogen-bond acceptors (Lipinski definition) is 2. The predicted molar refractivity (Wildman–Crippen MR) is 78.9 cm³/mol. The Bertz CT molecular complexity index is 569. The van der Waals surface area contributed by atoms with Crippen molar-refractivity contribution in [2.75, 3.05) is 13.2 Å². The lowest BCUT2D eigenvalue weighted by Gasteiger charge is -2.11. The largest absolute Gasteiger partial charge is 0.494 e. The third kappa shape index (κ3) is 3.29. The lowest BCUT2D eigenvalue weighted by atomic mass is 10.0. The van der Waals surface area contributed by atoms with Gasteiger partial charge in [-0.2, -0.15) is 0 Å². The molecular weight excluding hydrogens is 255 g/mol. The summed E-state index contributed by atoms with van der Waals surface area (Å²) in [5.41, 5.74) is 2.22. The predicted octanol–water partition coefficient (Wildman–Crippen LogP) is 4.60. The third-order valence-electron chi connectivity index (χ3n) is 2.94. The molecule has 20 heavy (non-hydrogen) atoms. The van der Waals surface area contributed by atoms with Gasteiger partial charge in [0.1, 0.15) is 17.3 Å². The highest BCUT2D eigenvalue weighted by atomic mass is 19.1. The van der Waals surface area contributed by atoms with E-state index < -0.39 is 0 Å². The molecule has 0 N–H and O–H groups in total. The maximum atomic E-state index is 14.1. The van der Waals surface area contributed by atoms with Gasteiger partial charge in [-0.05, 0) is 50.1 Å². The summed E-state index contributed by atoms with van der Waals surface area (Å²) in [6.07, 6.45) is 0. The van der Waals surface area contributed by atoms with Crippen molar-refractivity contribution in [3.05, 3.63) is 47.8 Å². The smallest absolute Gasteiger partial charge is 0.131 e. The first-order valence-electron chi connectivity index (χ1n) is 6.81. The fourth-order valence-corrected chi connectivity index (χ4v) is 2.08. The molecule has 2 rings (SSSR count). The Morgan fingerprint density at radius 3 is 2.00 bits per heavy atom. The van der Waals surface area contributed by atoms with Crippen LogP contribution < -0.4 is 9.47 Å². The zero-order valence-corrected chi connectivity index (χ0v) is 12.1. The summed E-state index contributed by atoms with van der Waals surface area (Å²) in [5.74, 6) is 1.14. The van der Waals surface area contributed by atoms with Crippen LogP contribution in [0.2, 0.25) is 0 Å². The SMILES string of the molecule is CCOc1cc(OCC)cc(-c2ccc(C)cc2F)c1. The van der Waals surface area contributed by atoms with Crippen LogP contribution in [0, 0.1) is 12.7 Å². The average Bonchev–Trinajstić information content (AvgIpc) is 2.39. The number of halogens is 1. The van der Waals surface area contributed by atoms with E-state index in [-0.39, 0.29) is 5.82 Å². The zero-order chi connectivity index (χ0) is 14.5. The molecule has 3 heteroatoms. The van der Waals surface area contributed by atoms with Crippen molar-refractivity contribution in [1.29, 1.82) is 0 Å². The summed E-state index contributed by atoms with van der Waals surface area (Å²) >= 11 is 0. The molecule has 0 aliphatic rings. The van der Waals surface area contributed by atoms with Crippen LogP contribution in [0.1, 0.15) is 19.4 Å². The zero-order valence-electron chi connectivity index (χ0n) is 12.1. The Balaban J connectivity index is 2.48. The maximum absolute atomic E-state index is 14.1. The standard InChI is InChI=1S/C17H19FO2/c1-4-19-14-9-13(10-15(11-14)20-5-2)16-7-6-12(3)8-17(16)18/h6-11H,4-5H2,1-3H3. The van der Waals surface area contributed by atoms with E-state index in [9.17, 15) is 4.39 Å². The van der Waals surface area contributed by atoms with Gasteiger partial charge in [-0.15, -0.1) is 0 Å². The Labute approximate surface area is 119 Å². The van der Waals surface area contributed by atoms with Crippen LogP contribution in [0.4, 0.5) is 4.39 Å². The van der Waals surface area contributed by atoms with Gasteiger partial charge in [0, 0.05) is 11.6 Å². The Hall–Kier alpha value is -2.03. The molecule has 2 aromatic carbocycles. The van der Waals surface area contributed by atoms with Gasteiger partial charge in [0.15, 0.2) is 0 Å². The van der Waals surface area contributed by atoms with E-state index in [2.05, 4.69) is 0 Å². The maximum Gasteiger partial charge on any atom is 0.131 e. The van der Waals surface area contributed by atoms with Crippen molar-refractivity contribution in [1.82, 2.24) is 0 Å². The molecule has 0 bridgehead atoms. The van der Waals surface area contributed by atoms with Gasteiger partial charge in [0.2, 0.25) is 0 Å². The molecule has 0 aromatic heterocycles. The van der Waals surface area contributed by atoms with Crippen molar-refractivity contribution >= 4 is 0 Å². The number of hydrogen-bond donors (Lipinski definition) is 0. The molecule has 2 aromatic rings. The van der Waals surface area contributed by atoms with E-state index in [0.29, 0.717) is 30.3 Å². The second kappa shape index (κ2) is 6.42. The van der Waals surface area contributed by atoms with Crippen LogP contribution in [-0.4, -0.2) is 13.2 Å². The van der Waals surface area contributed by atoms with Gasteiger partial charge in [-0.1, -0.05) is 12.1 Å². The third-order valence-corrected chi connectivity index (χ3v) is 2.94. The molecule has 0 atom stereocenters. The molecule has 0 radical (unpaired) electrons. The second-order valence-corrected chi connectivity index (χ2v) is 4.54. The minimum Gasteiger partial charge on any atom is -0.494 e. The number of ether oxygens (including phenoxy) is 2. The van der Waals surface area contributed by atoms with Crippen molar-refractivity contribution in [2.24, 2.45) is 0 Å². The van der Waals surface area contributed by atoms with Gasteiger partial charge in [-0.3, -0.25) is 0 Å². The van der Waals surface area contributed by atoms with E-state index in [0.717, 1.165) is 11.1 Å². The first-order valence-corrected chi connectivity index (χ1v) is 6.81. The highest BCUT2D eigenvalue weighted by molar-refractivity contribution is 5.68. The Morgan fingerprint density at radius 1 is 0.900 bits per heavy atom. The summed E-state index contributed by atoms with van der Waals surface area (Å²) in [7, 11) is 0. The number of benzene rings is 2. The van der Waals surface area contributed by atoms with Crippen LogP contribution >= 0.6 is 0 Å². The Kier molecular flexibility index (Phi) is 4.61. The lowest BCUT2D eigenvalue weighted by molar-refractivity contribution is 0.323. The molecule has 106 valence electrons. The molecule has 0 fully saturated rings. The minimum atomic E-state index is -0.235. The van der Waals surface area contributed by atoms with E-state index in [1.165, 1.54) is 6.07 Å². The van der Waals surface area contributed by atoms with Crippen LogP contribution in [0.5, 0.6) is 11.5 Å². The Morgan fingerprint density at radius 2 is 1.50 bits per heavy atom. The van der Waals surface area contributed by atoms with Gasteiger partial charge in [0.25, 0.3) is 0 Å². The van der Waals surface area contributed by atoms with Gasteiger partial charge < -0.3 is 9.47 Å². The van der Waals surface area contributed by atoms with Crippen LogP contribution in [-0.2, 0) is 0 Å². The van der Waals surface area contributed by atoms with Gasteiger partial charge in [0.05, 0.1) is 13.2 Å². The molecule has 2 nitrogen and oxygen atoms in total. The molecule has 0 saturated heterocycles. The summed E-state index contributed by atoms with van der Waals surface area (Å²) in [6, 6.07) is 10.7. The molecule has 0 spiro atoms. The van der Waals surface area contributed by atoms with Gasteiger partial charge in [-0.25, -0.2) is 4.39 Å². The summed E-state index contributed by atoms with van der Waals surface area (Å²) in [4.78, 5) is 0. The monoisotopic (exact) mass is 274 g/mol. The van der Waals surface area contributed by atoms with E-state index in [1.807, 2.05) is 45.0 Å². The molecule has 0 heterocycles. The van der Waals surface area contributed by atoms with Crippen molar-refractivity contribution < 1.29 is 13.9 Å². The van der Waals surface area contributed by atoms with Gasteiger partial charge >= 0.3 is 0 Å². The number of rotatable bonds is 5. The minimum absolute atomic E-state index is 0.235. The van der Waals surface area contributed by atoms with Crippen LogP contribution in [0.15, 0.2) is 36.4 Å². The molecule has 0 unspecified atom stereocenters. The number of aryl methyl sites for hydroxylation is 1. The second-order valence-electron chi connectivity index (χ2n) is 4.54. The van der Waals surface area contributed by atoms with Crippen molar-refractivity contribution in [2.45, 2.75) is 20.8 Å². The van der Waals surface area contributed by atoms with Crippen molar-refractivity contribution in [3.63, 3.8) is 0 Å². The molecule has 0 amide bonds. The first kappa shape index (κ1) is 14.4. The highest BCUT2D eigenvalue weighted by Gasteiger charge is 2.09. The van der Waals surface area contributed by atoms with E-state index in [4.69, 9.17) is 9.47 Å². The summed E-state index contributed by atoms with van der Waals surface area (Å²) < 4.78 is 25.1. The first-order chi connectivity index (χ1) is 9.63. The molecular formula is C17H19FO2. The van der Waals surface area contributed by atoms with E-state index in [1.54, 1.807) is 6.07 Å². The molecule has 0 aliphatic carbocycles. The van der Waals surface area contributed by atoms with E-state index >= 15 is 0 Å². The highest BCUT2D eigenvalue weighted by Crippen LogP contribution is 2.31. The normalized spacial score (nSPS) is 10.4.